The number of amides is 3. The summed E-state index contributed by atoms with van der Waals surface area (Å²) in [7, 11) is 1.57. The Morgan fingerprint density at radius 3 is 1.92 bits per heavy atom. The smallest absolute Gasteiger partial charge is 0.313 e. The highest BCUT2D eigenvalue weighted by molar-refractivity contribution is 6.39. The molecule has 3 N–H and O–H groups in total. The number of carbonyl (C=O) groups is 3. The number of methoxy groups -OCH3 is 1. The zero-order valence-corrected chi connectivity index (χ0v) is 14.0. The normalized spacial score (nSPS) is 9.84. The van der Waals surface area contributed by atoms with Gasteiger partial charge in [-0.1, -0.05) is 12.1 Å². The SMILES string of the molecule is COc1ccc(CNC(=O)C(=O)Nc2ccc(NC(C)=O)cc2)cc1. The zero-order chi connectivity index (χ0) is 18.2. The second-order valence-electron chi connectivity index (χ2n) is 5.24. The minimum atomic E-state index is -0.763. The lowest BCUT2D eigenvalue weighted by molar-refractivity contribution is -0.136. The van der Waals surface area contributed by atoms with Gasteiger partial charge >= 0.3 is 11.8 Å². The highest BCUT2D eigenvalue weighted by atomic mass is 16.5. The number of nitrogens with one attached hydrogen (secondary N) is 3. The first-order valence-corrected chi connectivity index (χ1v) is 7.57. The van der Waals surface area contributed by atoms with Gasteiger partial charge < -0.3 is 20.7 Å². The zero-order valence-electron chi connectivity index (χ0n) is 14.0. The molecule has 0 aliphatic heterocycles. The molecule has 0 aromatic heterocycles. The van der Waals surface area contributed by atoms with Gasteiger partial charge in [0, 0.05) is 24.8 Å². The van der Waals surface area contributed by atoms with Crippen LogP contribution in [-0.2, 0) is 20.9 Å². The molecule has 7 nitrogen and oxygen atoms in total. The molecule has 0 heterocycles. The molecular weight excluding hydrogens is 322 g/mol. The highest BCUT2D eigenvalue weighted by Gasteiger charge is 2.13. The molecule has 0 fully saturated rings. The third-order valence-corrected chi connectivity index (χ3v) is 3.28. The summed E-state index contributed by atoms with van der Waals surface area (Å²) in [6, 6.07) is 13.6. The van der Waals surface area contributed by atoms with Crippen LogP contribution in [0.5, 0.6) is 5.75 Å². The Balaban J connectivity index is 1.84. The van der Waals surface area contributed by atoms with Crippen molar-refractivity contribution >= 4 is 29.1 Å². The van der Waals surface area contributed by atoms with Gasteiger partial charge in [0.15, 0.2) is 0 Å². The van der Waals surface area contributed by atoms with Crippen LogP contribution in [0.1, 0.15) is 12.5 Å². The lowest BCUT2D eigenvalue weighted by atomic mass is 10.2. The van der Waals surface area contributed by atoms with Crippen molar-refractivity contribution in [3.05, 3.63) is 54.1 Å². The van der Waals surface area contributed by atoms with Crippen molar-refractivity contribution in [3.8, 4) is 5.75 Å². The molecule has 0 spiro atoms. The molecule has 25 heavy (non-hydrogen) atoms. The van der Waals surface area contributed by atoms with Crippen molar-refractivity contribution < 1.29 is 19.1 Å². The number of benzene rings is 2. The predicted molar refractivity (Wildman–Crippen MR) is 94.2 cm³/mol. The van der Waals surface area contributed by atoms with Crippen LogP contribution in [0.3, 0.4) is 0 Å². The van der Waals surface area contributed by atoms with E-state index in [-0.39, 0.29) is 12.5 Å². The van der Waals surface area contributed by atoms with Crippen molar-refractivity contribution in [1.29, 1.82) is 0 Å². The van der Waals surface area contributed by atoms with Crippen LogP contribution < -0.4 is 20.7 Å². The van der Waals surface area contributed by atoms with Crippen LogP contribution in [0.2, 0.25) is 0 Å². The molecule has 2 aromatic carbocycles. The number of hydrogen-bond donors (Lipinski definition) is 3. The van der Waals surface area contributed by atoms with Crippen molar-refractivity contribution in [1.82, 2.24) is 5.32 Å². The minimum Gasteiger partial charge on any atom is -0.497 e. The van der Waals surface area contributed by atoms with Gasteiger partial charge in [-0.3, -0.25) is 14.4 Å². The van der Waals surface area contributed by atoms with Gasteiger partial charge in [0.2, 0.25) is 5.91 Å². The molecule has 0 aliphatic carbocycles. The molecule has 2 aromatic rings. The fourth-order valence-electron chi connectivity index (χ4n) is 2.03. The van der Waals surface area contributed by atoms with E-state index in [1.54, 1.807) is 55.6 Å². The van der Waals surface area contributed by atoms with E-state index in [4.69, 9.17) is 4.74 Å². The van der Waals surface area contributed by atoms with E-state index in [0.29, 0.717) is 11.4 Å². The van der Waals surface area contributed by atoms with Crippen molar-refractivity contribution in [3.63, 3.8) is 0 Å². The Morgan fingerprint density at radius 2 is 1.40 bits per heavy atom. The van der Waals surface area contributed by atoms with E-state index >= 15 is 0 Å². The quantitative estimate of drug-likeness (QED) is 0.724. The molecule has 0 unspecified atom stereocenters. The first-order valence-electron chi connectivity index (χ1n) is 7.57. The molecule has 3 amide bonds. The second kappa shape index (κ2) is 8.49. The number of hydrogen-bond acceptors (Lipinski definition) is 4. The van der Waals surface area contributed by atoms with Gasteiger partial charge in [0.1, 0.15) is 5.75 Å². The van der Waals surface area contributed by atoms with E-state index < -0.39 is 11.8 Å². The number of ether oxygens (including phenoxy) is 1. The molecular formula is C18H19N3O4. The van der Waals surface area contributed by atoms with Crippen LogP contribution in [-0.4, -0.2) is 24.8 Å². The Hall–Kier alpha value is -3.35. The highest BCUT2D eigenvalue weighted by Crippen LogP contribution is 2.13. The molecule has 2 rings (SSSR count). The van der Waals surface area contributed by atoms with Gasteiger partial charge in [-0.25, -0.2) is 0 Å². The van der Waals surface area contributed by atoms with Gasteiger partial charge in [-0.2, -0.15) is 0 Å². The first-order chi connectivity index (χ1) is 12.0. The molecule has 0 aliphatic rings. The Bertz CT molecular complexity index is 755. The van der Waals surface area contributed by atoms with E-state index in [0.717, 1.165) is 11.3 Å². The topological polar surface area (TPSA) is 96.5 Å². The third kappa shape index (κ3) is 5.65. The maximum absolute atomic E-state index is 11.9. The Labute approximate surface area is 145 Å². The minimum absolute atomic E-state index is 0.185. The van der Waals surface area contributed by atoms with Crippen LogP contribution in [0.15, 0.2) is 48.5 Å². The molecule has 7 heteroatoms. The fraction of sp³-hybridized carbons (Fsp3) is 0.167. The van der Waals surface area contributed by atoms with E-state index in [1.165, 1.54) is 6.92 Å². The monoisotopic (exact) mass is 341 g/mol. The Kier molecular flexibility index (Phi) is 6.11. The van der Waals surface area contributed by atoms with Gasteiger partial charge in [0.25, 0.3) is 0 Å². The Morgan fingerprint density at radius 1 is 0.840 bits per heavy atom. The maximum atomic E-state index is 11.9. The molecule has 0 radical (unpaired) electrons. The first kappa shape index (κ1) is 18.0. The van der Waals surface area contributed by atoms with Gasteiger partial charge in [0.05, 0.1) is 7.11 Å². The molecule has 0 atom stereocenters. The van der Waals surface area contributed by atoms with Crippen LogP contribution >= 0.6 is 0 Å². The summed E-state index contributed by atoms with van der Waals surface area (Å²) in [4.78, 5) is 34.7. The summed E-state index contributed by atoms with van der Waals surface area (Å²) < 4.78 is 5.05. The summed E-state index contributed by atoms with van der Waals surface area (Å²) in [5, 5.41) is 7.65. The summed E-state index contributed by atoms with van der Waals surface area (Å²) in [5.41, 5.74) is 1.91. The fourth-order valence-corrected chi connectivity index (χ4v) is 2.03. The maximum Gasteiger partial charge on any atom is 0.313 e. The van der Waals surface area contributed by atoms with Crippen molar-refractivity contribution in [2.24, 2.45) is 0 Å². The number of rotatable bonds is 5. The second-order valence-corrected chi connectivity index (χ2v) is 5.24. The summed E-state index contributed by atoms with van der Waals surface area (Å²) >= 11 is 0. The number of anilines is 2. The van der Waals surface area contributed by atoms with Crippen LogP contribution in [0.25, 0.3) is 0 Å². The summed E-state index contributed by atoms with van der Waals surface area (Å²) in [6.45, 7) is 1.64. The van der Waals surface area contributed by atoms with Crippen LogP contribution in [0, 0.1) is 0 Å². The van der Waals surface area contributed by atoms with Crippen LogP contribution in [0.4, 0.5) is 11.4 Å². The average Bonchev–Trinajstić information content (AvgIpc) is 2.61. The third-order valence-electron chi connectivity index (χ3n) is 3.28. The largest absolute Gasteiger partial charge is 0.497 e. The molecule has 0 saturated carbocycles. The molecule has 0 saturated heterocycles. The van der Waals surface area contributed by atoms with E-state index in [9.17, 15) is 14.4 Å². The lowest BCUT2D eigenvalue weighted by Crippen LogP contribution is -2.34. The summed E-state index contributed by atoms with van der Waals surface area (Å²) in [6.07, 6.45) is 0. The predicted octanol–water partition coefficient (Wildman–Crippen LogP) is 1.91. The van der Waals surface area contributed by atoms with Crippen molar-refractivity contribution in [2.45, 2.75) is 13.5 Å². The molecule has 130 valence electrons. The lowest BCUT2D eigenvalue weighted by Gasteiger charge is -2.08. The van der Waals surface area contributed by atoms with E-state index in [2.05, 4.69) is 16.0 Å². The number of carbonyl (C=O) groups excluding carboxylic acids is 3. The van der Waals surface area contributed by atoms with E-state index in [1.807, 2.05) is 0 Å². The van der Waals surface area contributed by atoms with Crippen molar-refractivity contribution in [2.75, 3.05) is 17.7 Å². The average molecular weight is 341 g/mol. The molecule has 0 bridgehead atoms. The standard InChI is InChI=1S/C18H19N3O4/c1-12(22)20-14-5-7-15(8-6-14)21-18(24)17(23)19-11-13-3-9-16(25-2)10-4-13/h3-10H,11H2,1-2H3,(H,19,23)(H,20,22)(H,21,24). The van der Waals surface area contributed by atoms with Gasteiger partial charge in [-0.05, 0) is 42.0 Å². The summed E-state index contributed by atoms with van der Waals surface area (Å²) in [5.74, 6) is -0.965. The van der Waals surface area contributed by atoms with Gasteiger partial charge in [-0.15, -0.1) is 0 Å².